The maximum absolute atomic E-state index is 12.9. The molecule has 2 atom stereocenters. The van der Waals surface area contributed by atoms with Crippen LogP contribution in [0.25, 0.3) is 0 Å². The van der Waals surface area contributed by atoms with Gasteiger partial charge >= 0.3 is 0 Å². The molecule has 3 saturated heterocycles. The van der Waals surface area contributed by atoms with Crippen molar-refractivity contribution >= 4 is 23.1 Å². The van der Waals surface area contributed by atoms with Crippen LogP contribution >= 0.6 is 11.3 Å². The average Bonchev–Trinajstić information content (AvgIpc) is 3.01. The first-order valence-corrected chi connectivity index (χ1v) is 10.1. The van der Waals surface area contributed by atoms with Gasteiger partial charge in [-0.2, -0.15) is 0 Å². The topological polar surface area (TPSA) is 52.6 Å². The summed E-state index contributed by atoms with van der Waals surface area (Å²) in [5.41, 5.74) is 4.05. The van der Waals surface area contributed by atoms with E-state index >= 15 is 0 Å². The number of anilines is 1. The molecule has 3 aliphatic rings. The third-order valence-corrected chi connectivity index (χ3v) is 5.99. The Bertz CT molecular complexity index is 746. The molecule has 0 aromatic carbocycles. The van der Waals surface area contributed by atoms with E-state index in [1.165, 1.54) is 5.56 Å². The van der Waals surface area contributed by atoms with Gasteiger partial charge in [-0.15, -0.1) is 11.3 Å². The van der Waals surface area contributed by atoms with Gasteiger partial charge in [0.1, 0.15) is 5.82 Å². The number of rotatable bonds is 5. The van der Waals surface area contributed by atoms with Crippen molar-refractivity contribution in [1.82, 2.24) is 19.8 Å². The zero-order chi connectivity index (χ0) is 18.1. The lowest BCUT2D eigenvalue weighted by Gasteiger charge is -2.35. The van der Waals surface area contributed by atoms with Gasteiger partial charge in [-0.3, -0.25) is 9.69 Å². The lowest BCUT2D eigenvalue weighted by Crippen LogP contribution is -2.47. The van der Waals surface area contributed by atoms with E-state index in [1.54, 1.807) is 11.3 Å². The van der Waals surface area contributed by atoms with Crippen molar-refractivity contribution in [3.05, 3.63) is 40.5 Å². The van der Waals surface area contributed by atoms with Crippen LogP contribution in [0, 0.1) is 5.92 Å². The Morgan fingerprint density at radius 3 is 2.77 bits per heavy atom. The van der Waals surface area contributed by atoms with Crippen LogP contribution in [0.1, 0.15) is 24.1 Å². The second-order valence-electron chi connectivity index (χ2n) is 7.49. The first-order valence-electron chi connectivity index (χ1n) is 9.12. The number of thiazole rings is 1. The quantitative estimate of drug-likeness (QED) is 0.807. The highest BCUT2D eigenvalue weighted by molar-refractivity contribution is 7.07. The Balaban J connectivity index is 1.46. The summed E-state index contributed by atoms with van der Waals surface area (Å²) in [4.78, 5) is 28.3. The Morgan fingerprint density at radius 2 is 2.08 bits per heavy atom. The predicted molar refractivity (Wildman–Crippen MR) is 103 cm³/mol. The van der Waals surface area contributed by atoms with Crippen molar-refractivity contribution in [2.45, 2.75) is 32.0 Å². The van der Waals surface area contributed by atoms with Crippen molar-refractivity contribution in [2.75, 3.05) is 32.1 Å². The number of piperidine rings is 1. The average molecular weight is 372 g/mol. The molecule has 1 amide bonds. The number of fused-ring (bicyclic) bond motifs is 4. The van der Waals surface area contributed by atoms with Gasteiger partial charge in [0.2, 0.25) is 5.91 Å². The first kappa shape index (κ1) is 17.4. The van der Waals surface area contributed by atoms with Crippen LogP contribution < -0.4 is 4.90 Å². The molecule has 0 spiro atoms. The van der Waals surface area contributed by atoms with Crippen LogP contribution in [0.4, 0.5) is 5.82 Å². The number of pyridine rings is 1. The first-order chi connectivity index (χ1) is 12.6. The molecular formula is C19H25N5OS. The maximum atomic E-state index is 12.9. The van der Waals surface area contributed by atoms with Crippen molar-refractivity contribution < 1.29 is 4.79 Å². The normalized spacial score (nSPS) is 23.3. The van der Waals surface area contributed by atoms with Gasteiger partial charge in [-0.25, -0.2) is 9.97 Å². The van der Waals surface area contributed by atoms with Crippen molar-refractivity contribution in [3.63, 3.8) is 0 Å². The number of aromatic nitrogens is 2. The fourth-order valence-corrected chi connectivity index (χ4v) is 4.54. The van der Waals surface area contributed by atoms with E-state index in [2.05, 4.69) is 31.9 Å². The van der Waals surface area contributed by atoms with Crippen molar-refractivity contribution in [2.24, 2.45) is 5.92 Å². The molecule has 0 unspecified atom stereocenters. The van der Waals surface area contributed by atoms with Gasteiger partial charge in [0, 0.05) is 51.3 Å². The minimum absolute atomic E-state index is 0.112. The minimum atomic E-state index is 0.112. The highest BCUT2D eigenvalue weighted by Crippen LogP contribution is 2.31. The zero-order valence-electron chi connectivity index (χ0n) is 15.3. The summed E-state index contributed by atoms with van der Waals surface area (Å²) in [6.45, 7) is 3.28. The maximum Gasteiger partial charge on any atom is 0.227 e. The molecule has 0 radical (unpaired) electrons. The molecule has 0 aliphatic carbocycles. The molecule has 6 nitrogen and oxygen atoms in total. The fourth-order valence-electron chi connectivity index (χ4n) is 3.99. The highest BCUT2D eigenvalue weighted by atomic mass is 32.1. The molecule has 0 saturated carbocycles. The standard InChI is InChI=1S/C19H25N5OS/c1-22(2)18-6-3-14(7-20-18)8-23-9-15-4-5-17(11-23)24(19(15)25)10-16-12-26-13-21-16/h3,6-7,12-13,15,17H,4-5,8-11H2,1-2H3/t15-,17+/m0/s1. The van der Waals surface area contributed by atoms with Gasteiger partial charge < -0.3 is 9.80 Å². The van der Waals surface area contributed by atoms with E-state index in [1.807, 2.05) is 36.1 Å². The van der Waals surface area contributed by atoms with E-state index < -0.39 is 0 Å². The van der Waals surface area contributed by atoms with Crippen molar-refractivity contribution in [3.8, 4) is 0 Å². The molecule has 2 aromatic heterocycles. The van der Waals surface area contributed by atoms with Crippen molar-refractivity contribution in [1.29, 1.82) is 0 Å². The van der Waals surface area contributed by atoms with Gasteiger partial charge in [0.25, 0.3) is 0 Å². The molecule has 3 aliphatic heterocycles. The molecule has 7 heteroatoms. The Morgan fingerprint density at radius 1 is 1.19 bits per heavy atom. The largest absolute Gasteiger partial charge is 0.363 e. The Hall–Kier alpha value is -1.99. The molecule has 0 N–H and O–H groups in total. The van der Waals surface area contributed by atoms with E-state index in [0.29, 0.717) is 12.5 Å². The SMILES string of the molecule is CN(C)c1ccc(CN2C[C@@H]3CC[C@H](C2)N(Cc2cscn2)C3=O)cn1. The molecule has 26 heavy (non-hydrogen) atoms. The molecule has 5 heterocycles. The number of carbonyl (C=O) groups excluding carboxylic acids is 1. The Kier molecular flexibility index (Phi) is 4.91. The molecule has 3 fully saturated rings. The van der Waals surface area contributed by atoms with Crippen LogP contribution in [0.5, 0.6) is 0 Å². The number of hydrogen-bond donors (Lipinski definition) is 0. The van der Waals surface area contributed by atoms with E-state index in [4.69, 9.17) is 0 Å². The molecular weight excluding hydrogens is 346 g/mol. The fraction of sp³-hybridized carbons (Fsp3) is 0.526. The number of nitrogens with zero attached hydrogens (tertiary/aromatic N) is 5. The van der Waals surface area contributed by atoms with E-state index in [0.717, 1.165) is 44.0 Å². The second kappa shape index (κ2) is 7.32. The molecule has 138 valence electrons. The monoisotopic (exact) mass is 371 g/mol. The van der Waals surface area contributed by atoms with Gasteiger partial charge in [-0.05, 0) is 24.5 Å². The molecule has 2 aromatic rings. The van der Waals surface area contributed by atoms with Crippen LogP contribution in [-0.4, -0.2) is 58.9 Å². The lowest BCUT2D eigenvalue weighted by atomic mass is 9.94. The zero-order valence-corrected chi connectivity index (χ0v) is 16.2. The van der Waals surface area contributed by atoms with Crippen LogP contribution in [0.2, 0.25) is 0 Å². The smallest absolute Gasteiger partial charge is 0.227 e. The summed E-state index contributed by atoms with van der Waals surface area (Å²) in [6, 6.07) is 4.49. The predicted octanol–water partition coefficient (Wildman–Crippen LogP) is 2.23. The summed E-state index contributed by atoms with van der Waals surface area (Å²) < 4.78 is 0. The second-order valence-corrected chi connectivity index (χ2v) is 8.21. The van der Waals surface area contributed by atoms with Crippen LogP contribution in [0.3, 0.4) is 0 Å². The van der Waals surface area contributed by atoms with Gasteiger partial charge in [0.05, 0.1) is 23.7 Å². The number of amides is 1. The van der Waals surface area contributed by atoms with Crippen LogP contribution in [0.15, 0.2) is 29.2 Å². The molecule has 5 rings (SSSR count). The third kappa shape index (κ3) is 3.59. The van der Waals surface area contributed by atoms with E-state index in [-0.39, 0.29) is 12.0 Å². The number of hydrogen-bond acceptors (Lipinski definition) is 6. The summed E-state index contributed by atoms with van der Waals surface area (Å²) in [7, 11) is 3.99. The lowest BCUT2D eigenvalue weighted by molar-refractivity contribution is -0.140. The Labute approximate surface area is 158 Å². The number of carbonyl (C=O) groups is 1. The van der Waals surface area contributed by atoms with Gasteiger partial charge in [-0.1, -0.05) is 6.07 Å². The summed E-state index contributed by atoms with van der Waals surface area (Å²) in [5.74, 6) is 1.38. The van der Waals surface area contributed by atoms with E-state index in [9.17, 15) is 4.79 Å². The molecule has 2 bridgehead atoms. The minimum Gasteiger partial charge on any atom is -0.363 e. The highest BCUT2D eigenvalue weighted by Gasteiger charge is 2.40. The summed E-state index contributed by atoms with van der Waals surface area (Å²) in [6.07, 6.45) is 4.05. The summed E-state index contributed by atoms with van der Waals surface area (Å²) >= 11 is 1.59. The summed E-state index contributed by atoms with van der Waals surface area (Å²) in [5, 5.41) is 2.04. The van der Waals surface area contributed by atoms with Gasteiger partial charge in [0.15, 0.2) is 0 Å². The third-order valence-electron chi connectivity index (χ3n) is 5.36. The van der Waals surface area contributed by atoms with Crippen LogP contribution in [-0.2, 0) is 17.9 Å².